The molecule has 1 unspecified atom stereocenters. The number of thioether (sulfide) groups is 1. The molecular formula is C9H10O2S. The zero-order valence-corrected chi connectivity index (χ0v) is 7.60. The van der Waals surface area contributed by atoms with Gasteiger partial charge in [0.2, 0.25) is 0 Å². The van der Waals surface area contributed by atoms with Crippen molar-refractivity contribution in [2.24, 2.45) is 0 Å². The summed E-state index contributed by atoms with van der Waals surface area (Å²) in [4.78, 5) is 1.04. The third-order valence-corrected chi connectivity index (χ3v) is 3.00. The zero-order valence-electron chi connectivity index (χ0n) is 6.78. The predicted molar refractivity (Wildman–Crippen MR) is 48.9 cm³/mol. The first-order valence-corrected chi connectivity index (χ1v) is 4.87. The summed E-state index contributed by atoms with van der Waals surface area (Å²) in [6.45, 7) is 2.04. The van der Waals surface area contributed by atoms with Crippen molar-refractivity contribution in [1.82, 2.24) is 0 Å². The van der Waals surface area contributed by atoms with Crippen LogP contribution in [0.3, 0.4) is 0 Å². The Kier molecular flexibility index (Phi) is 1.89. The molecule has 0 aliphatic carbocycles. The van der Waals surface area contributed by atoms with E-state index in [1.54, 1.807) is 23.9 Å². The molecule has 64 valence electrons. The summed E-state index contributed by atoms with van der Waals surface area (Å²) in [5.74, 6) is 2.15. The fraction of sp³-hybridized carbons (Fsp3) is 0.333. The lowest BCUT2D eigenvalue weighted by Crippen LogP contribution is -2.18. The summed E-state index contributed by atoms with van der Waals surface area (Å²) in [6.07, 6.45) is 0.270. The van der Waals surface area contributed by atoms with E-state index in [1.807, 2.05) is 13.0 Å². The van der Waals surface area contributed by atoms with Gasteiger partial charge >= 0.3 is 0 Å². The average Bonchev–Trinajstić information content (AvgIpc) is 2.05. The number of benzene rings is 1. The average molecular weight is 182 g/mol. The van der Waals surface area contributed by atoms with Gasteiger partial charge in [-0.25, -0.2) is 0 Å². The number of aromatic hydroxyl groups is 1. The smallest absolute Gasteiger partial charge is 0.133 e. The van der Waals surface area contributed by atoms with Crippen LogP contribution in [0.5, 0.6) is 11.5 Å². The Bertz CT molecular complexity index is 299. The zero-order chi connectivity index (χ0) is 8.55. The predicted octanol–water partition coefficient (Wildman–Crippen LogP) is 2.27. The summed E-state index contributed by atoms with van der Waals surface area (Å²) in [5.41, 5.74) is 0. The number of ether oxygens (including phenoxy) is 1. The Hall–Kier alpha value is -0.830. The highest BCUT2D eigenvalue weighted by atomic mass is 32.2. The largest absolute Gasteiger partial charge is 0.508 e. The SMILES string of the molecule is CC1CSc2cc(O)ccc2O1. The van der Waals surface area contributed by atoms with E-state index < -0.39 is 0 Å². The van der Waals surface area contributed by atoms with Gasteiger partial charge in [-0.1, -0.05) is 0 Å². The molecule has 1 aliphatic rings. The van der Waals surface area contributed by atoms with Crippen molar-refractivity contribution in [2.75, 3.05) is 5.75 Å². The normalized spacial score (nSPS) is 21.2. The van der Waals surface area contributed by atoms with Crippen molar-refractivity contribution in [3.63, 3.8) is 0 Å². The maximum Gasteiger partial charge on any atom is 0.133 e. The second-order valence-electron chi connectivity index (χ2n) is 2.87. The minimum atomic E-state index is 0.270. The van der Waals surface area contributed by atoms with E-state index in [0.29, 0.717) is 5.75 Å². The number of rotatable bonds is 0. The maximum absolute atomic E-state index is 9.19. The standard InChI is InChI=1S/C9H10O2S/c1-6-5-12-9-4-7(10)2-3-8(9)11-6/h2-4,6,10H,5H2,1H3. The number of fused-ring (bicyclic) bond motifs is 1. The van der Waals surface area contributed by atoms with Crippen molar-refractivity contribution in [1.29, 1.82) is 0 Å². The number of hydrogen-bond donors (Lipinski definition) is 1. The minimum absolute atomic E-state index is 0.270. The summed E-state index contributed by atoms with van der Waals surface area (Å²) < 4.78 is 5.55. The van der Waals surface area contributed by atoms with Gasteiger partial charge in [0.15, 0.2) is 0 Å². The molecule has 0 aromatic heterocycles. The molecule has 0 amide bonds. The highest BCUT2D eigenvalue weighted by Crippen LogP contribution is 2.37. The van der Waals surface area contributed by atoms with Crippen LogP contribution >= 0.6 is 11.8 Å². The van der Waals surface area contributed by atoms with Crippen molar-refractivity contribution in [3.8, 4) is 11.5 Å². The first kappa shape index (κ1) is 7.80. The van der Waals surface area contributed by atoms with E-state index in [9.17, 15) is 5.11 Å². The Morgan fingerprint density at radius 1 is 1.58 bits per heavy atom. The Balaban J connectivity index is 2.37. The van der Waals surface area contributed by atoms with Crippen molar-refractivity contribution < 1.29 is 9.84 Å². The van der Waals surface area contributed by atoms with Crippen LogP contribution in [0.15, 0.2) is 23.1 Å². The molecular weight excluding hydrogens is 172 g/mol. The van der Waals surface area contributed by atoms with Crippen LogP contribution in [0, 0.1) is 0 Å². The summed E-state index contributed by atoms with van der Waals surface area (Å²) in [5, 5.41) is 9.19. The monoisotopic (exact) mass is 182 g/mol. The number of phenols is 1. The molecule has 12 heavy (non-hydrogen) atoms. The van der Waals surface area contributed by atoms with Crippen LogP contribution in [0.4, 0.5) is 0 Å². The quantitative estimate of drug-likeness (QED) is 0.667. The van der Waals surface area contributed by atoms with Crippen molar-refractivity contribution >= 4 is 11.8 Å². The fourth-order valence-electron chi connectivity index (χ4n) is 1.16. The van der Waals surface area contributed by atoms with Gasteiger partial charge in [0, 0.05) is 5.75 Å². The molecule has 1 heterocycles. The fourth-order valence-corrected chi connectivity index (χ4v) is 2.11. The molecule has 0 radical (unpaired) electrons. The molecule has 3 heteroatoms. The van der Waals surface area contributed by atoms with Gasteiger partial charge in [0.25, 0.3) is 0 Å². The highest BCUT2D eigenvalue weighted by Gasteiger charge is 2.16. The lowest BCUT2D eigenvalue weighted by molar-refractivity contribution is 0.235. The number of phenolic OH excluding ortho intramolecular Hbond substituents is 1. The topological polar surface area (TPSA) is 29.5 Å². The third kappa shape index (κ3) is 1.37. The van der Waals surface area contributed by atoms with Crippen molar-refractivity contribution in [2.45, 2.75) is 17.9 Å². The molecule has 1 aromatic carbocycles. The maximum atomic E-state index is 9.19. The molecule has 0 bridgehead atoms. The van der Waals surface area contributed by atoms with Gasteiger partial charge in [-0.15, -0.1) is 11.8 Å². The molecule has 0 spiro atoms. The van der Waals surface area contributed by atoms with E-state index >= 15 is 0 Å². The van der Waals surface area contributed by atoms with Crippen LogP contribution in [0.1, 0.15) is 6.92 Å². The summed E-state index contributed by atoms with van der Waals surface area (Å²) >= 11 is 1.73. The second kappa shape index (κ2) is 2.90. The molecule has 1 aliphatic heterocycles. The molecule has 2 rings (SSSR count). The Morgan fingerprint density at radius 3 is 3.25 bits per heavy atom. The van der Waals surface area contributed by atoms with Gasteiger partial charge in [0.1, 0.15) is 17.6 Å². The first-order valence-electron chi connectivity index (χ1n) is 3.88. The van der Waals surface area contributed by atoms with Gasteiger partial charge in [-0.2, -0.15) is 0 Å². The van der Waals surface area contributed by atoms with Gasteiger partial charge in [-0.05, 0) is 25.1 Å². The number of hydrogen-bond acceptors (Lipinski definition) is 3. The molecule has 0 saturated heterocycles. The van der Waals surface area contributed by atoms with E-state index in [1.165, 1.54) is 0 Å². The summed E-state index contributed by atoms with van der Waals surface area (Å²) in [7, 11) is 0. The Morgan fingerprint density at radius 2 is 2.42 bits per heavy atom. The van der Waals surface area contributed by atoms with Gasteiger partial charge in [0.05, 0.1) is 4.90 Å². The van der Waals surface area contributed by atoms with Crippen LogP contribution in [0.2, 0.25) is 0 Å². The molecule has 0 fully saturated rings. The molecule has 2 nitrogen and oxygen atoms in total. The molecule has 1 atom stereocenters. The Labute approximate surface area is 75.6 Å². The molecule has 1 N–H and O–H groups in total. The van der Waals surface area contributed by atoms with E-state index in [-0.39, 0.29) is 6.10 Å². The van der Waals surface area contributed by atoms with Gasteiger partial charge in [-0.3, -0.25) is 0 Å². The van der Waals surface area contributed by atoms with E-state index in [2.05, 4.69) is 0 Å². The summed E-state index contributed by atoms with van der Waals surface area (Å²) in [6, 6.07) is 5.20. The molecule has 1 aromatic rings. The first-order chi connectivity index (χ1) is 5.75. The van der Waals surface area contributed by atoms with Crippen molar-refractivity contribution in [3.05, 3.63) is 18.2 Å². The van der Waals surface area contributed by atoms with Gasteiger partial charge < -0.3 is 9.84 Å². The molecule has 0 saturated carbocycles. The lowest BCUT2D eigenvalue weighted by atomic mass is 10.3. The lowest BCUT2D eigenvalue weighted by Gasteiger charge is -2.22. The minimum Gasteiger partial charge on any atom is -0.508 e. The van der Waals surface area contributed by atoms with Crippen LogP contribution < -0.4 is 4.74 Å². The van der Waals surface area contributed by atoms with Crippen LogP contribution in [-0.2, 0) is 0 Å². The highest BCUT2D eigenvalue weighted by molar-refractivity contribution is 7.99. The third-order valence-electron chi connectivity index (χ3n) is 1.73. The second-order valence-corrected chi connectivity index (χ2v) is 3.93. The van der Waals surface area contributed by atoms with E-state index in [4.69, 9.17) is 4.74 Å². The van der Waals surface area contributed by atoms with Crippen LogP contribution in [0.25, 0.3) is 0 Å². The van der Waals surface area contributed by atoms with E-state index in [0.717, 1.165) is 16.4 Å². The van der Waals surface area contributed by atoms with Crippen LogP contribution in [-0.4, -0.2) is 17.0 Å².